The van der Waals surface area contributed by atoms with E-state index in [9.17, 15) is 0 Å². The second kappa shape index (κ2) is 6.38. The van der Waals surface area contributed by atoms with Crippen molar-refractivity contribution in [3.8, 4) is 33.9 Å². The molecule has 0 spiro atoms. The summed E-state index contributed by atoms with van der Waals surface area (Å²) in [5, 5.41) is 0. The van der Waals surface area contributed by atoms with Crippen LogP contribution in [-0.4, -0.2) is 19.9 Å². The fraction of sp³-hybridized carbons (Fsp3) is 0. The molecule has 0 amide bonds. The minimum Gasteiger partial charge on any atom is -0.237 e. The Kier molecular flexibility index (Phi) is 3.78. The van der Waals surface area contributed by atoms with Crippen molar-refractivity contribution in [1.82, 2.24) is 19.9 Å². The van der Waals surface area contributed by atoms with Gasteiger partial charge in [0, 0.05) is 29.1 Å². The van der Waals surface area contributed by atoms with Crippen molar-refractivity contribution in [3.63, 3.8) is 0 Å². The summed E-state index contributed by atoms with van der Waals surface area (Å²) in [6.07, 6.45) is 6.18. The summed E-state index contributed by atoms with van der Waals surface area (Å²) >= 11 is 0. The summed E-state index contributed by atoms with van der Waals surface area (Å²) in [5.41, 5.74) is 4.44. The van der Waals surface area contributed by atoms with Crippen LogP contribution in [0.1, 0.15) is 0 Å². The molecule has 24 heavy (non-hydrogen) atoms. The van der Waals surface area contributed by atoms with Crippen LogP contribution in [0.5, 0.6) is 0 Å². The number of rotatable bonds is 3. The molecule has 113 valence electrons. The van der Waals surface area contributed by atoms with Gasteiger partial charge in [0.1, 0.15) is 0 Å². The zero-order valence-corrected chi connectivity index (χ0v) is 12.8. The molecule has 0 unspecified atom stereocenters. The Hall–Kier alpha value is -3.40. The molecule has 2 aromatic carbocycles. The van der Waals surface area contributed by atoms with Gasteiger partial charge in [-0.1, -0.05) is 60.7 Å². The van der Waals surface area contributed by atoms with Crippen LogP contribution in [0.3, 0.4) is 0 Å². The second-order valence-electron chi connectivity index (χ2n) is 5.23. The number of hydrogen-bond acceptors (Lipinski definition) is 4. The largest absolute Gasteiger partial charge is 0.237 e. The number of hydrogen-bond donors (Lipinski definition) is 0. The Bertz CT molecular complexity index is 953. The molecule has 0 aliphatic rings. The van der Waals surface area contributed by atoms with Crippen molar-refractivity contribution in [2.45, 2.75) is 0 Å². The zero-order valence-electron chi connectivity index (χ0n) is 12.8. The van der Waals surface area contributed by atoms with E-state index >= 15 is 0 Å². The molecule has 0 saturated heterocycles. The maximum Gasteiger partial charge on any atom is 0.198 e. The van der Waals surface area contributed by atoms with E-state index in [2.05, 4.69) is 21.3 Å². The van der Waals surface area contributed by atoms with Gasteiger partial charge in [-0.3, -0.25) is 0 Å². The fourth-order valence-electron chi connectivity index (χ4n) is 2.53. The minimum absolute atomic E-state index is 0.681. The molecule has 4 heteroatoms. The molecule has 2 aromatic heterocycles. The SMILES string of the molecule is [c]1ncc(-c2ccnc(-c3ccccc3)n2)c(-c2ccccc2)n1. The lowest BCUT2D eigenvalue weighted by molar-refractivity contribution is 1.13. The van der Waals surface area contributed by atoms with E-state index in [4.69, 9.17) is 4.98 Å². The number of nitrogens with zero attached hydrogens (tertiary/aromatic N) is 4. The van der Waals surface area contributed by atoms with Crippen LogP contribution >= 0.6 is 0 Å². The fourth-order valence-corrected chi connectivity index (χ4v) is 2.53. The topological polar surface area (TPSA) is 51.6 Å². The third kappa shape index (κ3) is 2.77. The van der Waals surface area contributed by atoms with Crippen molar-refractivity contribution in [2.24, 2.45) is 0 Å². The van der Waals surface area contributed by atoms with Gasteiger partial charge in [-0.05, 0) is 6.07 Å². The summed E-state index contributed by atoms with van der Waals surface area (Å²) in [4.78, 5) is 17.5. The lowest BCUT2D eigenvalue weighted by Gasteiger charge is -2.08. The van der Waals surface area contributed by atoms with Gasteiger partial charge in [0.05, 0.1) is 11.4 Å². The highest BCUT2D eigenvalue weighted by Gasteiger charge is 2.11. The summed E-state index contributed by atoms with van der Waals surface area (Å²) in [6, 6.07) is 21.7. The van der Waals surface area contributed by atoms with Crippen LogP contribution in [0.25, 0.3) is 33.9 Å². The summed E-state index contributed by atoms with van der Waals surface area (Å²) in [6.45, 7) is 0. The lowest BCUT2D eigenvalue weighted by Crippen LogP contribution is -1.96. The highest BCUT2D eigenvalue weighted by Crippen LogP contribution is 2.28. The molecule has 4 rings (SSSR count). The quantitative estimate of drug-likeness (QED) is 0.572. The Morgan fingerprint density at radius 2 is 1.46 bits per heavy atom. The zero-order chi connectivity index (χ0) is 16.2. The normalized spacial score (nSPS) is 10.5. The van der Waals surface area contributed by atoms with Gasteiger partial charge >= 0.3 is 0 Å². The summed E-state index contributed by atoms with van der Waals surface area (Å²) in [7, 11) is 0. The first-order chi connectivity index (χ1) is 11.9. The van der Waals surface area contributed by atoms with Gasteiger partial charge in [0.25, 0.3) is 0 Å². The predicted molar refractivity (Wildman–Crippen MR) is 92.8 cm³/mol. The van der Waals surface area contributed by atoms with Gasteiger partial charge < -0.3 is 0 Å². The van der Waals surface area contributed by atoms with Crippen molar-refractivity contribution in [2.75, 3.05) is 0 Å². The van der Waals surface area contributed by atoms with Crippen LogP contribution in [0.2, 0.25) is 0 Å². The molecule has 2 heterocycles. The van der Waals surface area contributed by atoms with Crippen LogP contribution in [0.4, 0.5) is 0 Å². The average molecular weight is 309 g/mol. The van der Waals surface area contributed by atoms with Gasteiger partial charge in [0.15, 0.2) is 12.2 Å². The Labute approximate surface area is 139 Å². The Morgan fingerprint density at radius 1 is 0.750 bits per heavy atom. The summed E-state index contributed by atoms with van der Waals surface area (Å²) < 4.78 is 0. The van der Waals surface area contributed by atoms with E-state index in [0.717, 1.165) is 28.1 Å². The maximum absolute atomic E-state index is 4.69. The second-order valence-corrected chi connectivity index (χ2v) is 5.23. The highest BCUT2D eigenvalue weighted by molar-refractivity contribution is 5.78. The third-order valence-electron chi connectivity index (χ3n) is 3.68. The number of benzene rings is 2. The lowest BCUT2D eigenvalue weighted by atomic mass is 10.0. The van der Waals surface area contributed by atoms with E-state index in [0.29, 0.717) is 5.82 Å². The molecule has 1 radical (unpaired) electrons. The van der Waals surface area contributed by atoms with E-state index in [-0.39, 0.29) is 0 Å². The van der Waals surface area contributed by atoms with Gasteiger partial charge in [-0.15, -0.1) is 0 Å². The van der Waals surface area contributed by atoms with Gasteiger partial charge in [-0.2, -0.15) is 0 Å². The Morgan fingerprint density at radius 3 is 2.21 bits per heavy atom. The smallest absolute Gasteiger partial charge is 0.198 e. The van der Waals surface area contributed by atoms with Crippen LogP contribution in [0, 0.1) is 6.33 Å². The van der Waals surface area contributed by atoms with Crippen molar-refractivity contribution >= 4 is 0 Å². The average Bonchev–Trinajstić information content (AvgIpc) is 2.69. The van der Waals surface area contributed by atoms with Crippen LogP contribution in [0.15, 0.2) is 79.1 Å². The van der Waals surface area contributed by atoms with Crippen LogP contribution < -0.4 is 0 Å². The predicted octanol–water partition coefficient (Wildman–Crippen LogP) is 4.07. The van der Waals surface area contributed by atoms with Crippen molar-refractivity contribution < 1.29 is 0 Å². The Balaban J connectivity index is 1.84. The first-order valence-corrected chi connectivity index (χ1v) is 7.59. The molecule has 0 fully saturated rings. The number of aromatic nitrogens is 4. The molecule has 0 aliphatic heterocycles. The molecule has 0 aliphatic carbocycles. The van der Waals surface area contributed by atoms with Crippen LogP contribution in [-0.2, 0) is 0 Å². The molecular weight excluding hydrogens is 296 g/mol. The molecule has 0 saturated carbocycles. The van der Waals surface area contributed by atoms with E-state index in [1.807, 2.05) is 66.7 Å². The minimum atomic E-state index is 0.681. The van der Waals surface area contributed by atoms with E-state index in [1.165, 1.54) is 0 Å². The molecule has 0 atom stereocenters. The highest BCUT2D eigenvalue weighted by atomic mass is 14.9. The molecule has 0 bridgehead atoms. The van der Waals surface area contributed by atoms with Gasteiger partial charge in [-0.25, -0.2) is 19.9 Å². The standard InChI is InChI=1S/C20H13N4/c1-3-7-15(8-4-1)19-17(13-21-14-23-19)18-11-12-22-20(24-18)16-9-5-2-6-10-16/h1-13H. The maximum atomic E-state index is 4.69. The molecule has 4 aromatic rings. The first-order valence-electron chi connectivity index (χ1n) is 7.59. The van der Waals surface area contributed by atoms with E-state index < -0.39 is 0 Å². The van der Waals surface area contributed by atoms with Gasteiger partial charge in [0.2, 0.25) is 0 Å². The van der Waals surface area contributed by atoms with E-state index in [1.54, 1.807) is 12.4 Å². The molecular formula is C20H13N4. The molecule has 0 N–H and O–H groups in total. The summed E-state index contributed by atoms with van der Waals surface area (Å²) in [5.74, 6) is 0.681. The monoisotopic (exact) mass is 309 g/mol. The first kappa shape index (κ1) is 14.2. The van der Waals surface area contributed by atoms with Crippen molar-refractivity contribution in [1.29, 1.82) is 0 Å². The molecule has 4 nitrogen and oxygen atoms in total. The van der Waals surface area contributed by atoms with Crippen molar-refractivity contribution in [3.05, 3.63) is 85.5 Å². The third-order valence-corrected chi connectivity index (χ3v) is 3.68.